The average molecular weight is 223 g/mol. The van der Waals surface area contributed by atoms with E-state index in [1.54, 1.807) is 0 Å². The summed E-state index contributed by atoms with van der Waals surface area (Å²) < 4.78 is 0. The molecule has 1 aromatic heterocycles. The molecule has 0 aromatic carbocycles. The van der Waals surface area contributed by atoms with Crippen molar-refractivity contribution in [1.82, 2.24) is 20.5 Å². The number of rotatable bonds is 4. The van der Waals surface area contributed by atoms with Crippen molar-refractivity contribution in [2.75, 3.05) is 31.6 Å². The number of nitrogens with zero attached hydrogens (tertiary/aromatic N) is 3. The highest BCUT2D eigenvalue weighted by Crippen LogP contribution is 2.19. The first-order valence-corrected chi connectivity index (χ1v) is 6.14. The molecule has 0 radical (unpaired) electrons. The molecule has 2 heterocycles. The van der Waals surface area contributed by atoms with E-state index in [4.69, 9.17) is 0 Å². The first-order valence-electron chi connectivity index (χ1n) is 6.14. The van der Waals surface area contributed by atoms with Crippen molar-refractivity contribution in [1.29, 1.82) is 0 Å². The summed E-state index contributed by atoms with van der Waals surface area (Å²) in [7, 11) is 2.02. The zero-order chi connectivity index (χ0) is 11.4. The lowest BCUT2D eigenvalue weighted by atomic mass is 9.97. The van der Waals surface area contributed by atoms with Crippen LogP contribution < -0.4 is 10.2 Å². The SMILES string of the molecule is CCc1nc(N2CCC(CNC)CC2)n[nH]1. The lowest BCUT2D eigenvalue weighted by molar-refractivity contribution is 0.391. The number of aromatic nitrogens is 3. The molecule has 1 saturated heterocycles. The third-order valence-electron chi connectivity index (χ3n) is 3.24. The predicted molar refractivity (Wildman–Crippen MR) is 64.6 cm³/mol. The average Bonchev–Trinajstić information content (AvgIpc) is 2.79. The second kappa shape index (κ2) is 5.30. The zero-order valence-corrected chi connectivity index (χ0v) is 10.2. The van der Waals surface area contributed by atoms with Gasteiger partial charge in [0.15, 0.2) is 0 Å². The van der Waals surface area contributed by atoms with Crippen molar-refractivity contribution in [2.45, 2.75) is 26.2 Å². The van der Waals surface area contributed by atoms with Crippen molar-refractivity contribution in [3.8, 4) is 0 Å². The van der Waals surface area contributed by atoms with Crippen molar-refractivity contribution >= 4 is 5.95 Å². The van der Waals surface area contributed by atoms with Crippen molar-refractivity contribution in [2.24, 2.45) is 5.92 Å². The maximum atomic E-state index is 4.47. The minimum atomic E-state index is 0.811. The summed E-state index contributed by atoms with van der Waals surface area (Å²) in [5, 5.41) is 10.5. The van der Waals surface area contributed by atoms with Crippen LogP contribution in [0.5, 0.6) is 0 Å². The summed E-state index contributed by atoms with van der Waals surface area (Å²) in [6.45, 7) is 5.37. The summed E-state index contributed by atoms with van der Waals surface area (Å²) in [4.78, 5) is 6.75. The molecule has 1 aliphatic rings. The molecular weight excluding hydrogens is 202 g/mol. The molecule has 0 bridgehead atoms. The Labute approximate surface area is 96.6 Å². The van der Waals surface area contributed by atoms with Gasteiger partial charge in [0.1, 0.15) is 5.82 Å². The number of nitrogens with one attached hydrogen (secondary N) is 2. The van der Waals surface area contributed by atoms with Gasteiger partial charge in [0.25, 0.3) is 0 Å². The largest absolute Gasteiger partial charge is 0.340 e. The van der Waals surface area contributed by atoms with E-state index in [1.807, 2.05) is 7.05 Å². The number of hydrogen-bond acceptors (Lipinski definition) is 4. The van der Waals surface area contributed by atoms with Crippen LogP contribution in [0.25, 0.3) is 0 Å². The van der Waals surface area contributed by atoms with Crippen molar-refractivity contribution < 1.29 is 0 Å². The van der Waals surface area contributed by atoms with Crippen LogP contribution in [-0.2, 0) is 6.42 Å². The van der Waals surface area contributed by atoms with Gasteiger partial charge in [-0.15, -0.1) is 5.10 Å². The van der Waals surface area contributed by atoms with Crippen molar-refractivity contribution in [3.05, 3.63) is 5.82 Å². The molecule has 0 saturated carbocycles. The first-order chi connectivity index (χ1) is 7.83. The molecule has 1 aromatic rings. The molecule has 1 aliphatic heterocycles. The van der Waals surface area contributed by atoms with Crippen LogP contribution >= 0.6 is 0 Å². The smallest absolute Gasteiger partial charge is 0.244 e. The van der Waals surface area contributed by atoms with E-state index in [2.05, 4.69) is 32.3 Å². The van der Waals surface area contributed by atoms with E-state index < -0.39 is 0 Å². The van der Waals surface area contributed by atoms with Gasteiger partial charge in [-0.3, -0.25) is 5.10 Å². The molecule has 0 amide bonds. The van der Waals surface area contributed by atoms with Crippen LogP contribution in [0.15, 0.2) is 0 Å². The highest BCUT2D eigenvalue weighted by molar-refractivity contribution is 5.29. The summed E-state index contributed by atoms with van der Waals surface area (Å²) >= 11 is 0. The molecular formula is C11H21N5. The van der Waals surface area contributed by atoms with Crippen LogP contribution in [0.2, 0.25) is 0 Å². The number of piperidine rings is 1. The van der Waals surface area contributed by atoms with Gasteiger partial charge in [-0.25, -0.2) is 0 Å². The lowest BCUT2D eigenvalue weighted by Gasteiger charge is -2.30. The highest BCUT2D eigenvalue weighted by atomic mass is 15.4. The van der Waals surface area contributed by atoms with Crippen molar-refractivity contribution in [3.63, 3.8) is 0 Å². The van der Waals surface area contributed by atoms with Gasteiger partial charge in [-0.05, 0) is 32.4 Å². The van der Waals surface area contributed by atoms with Gasteiger partial charge < -0.3 is 10.2 Å². The Bertz CT molecular complexity index is 314. The van der Waals surface area contributed by atoms with Crippen LogP contribution in [0.4, 0.5) is 5.95 Å². The fourth-order valence-corrected chi connectivity index (χ4v) is 2.21. The fraction of sp³-hybridized carbons (Fsp3) is 0.818. The number of anilines is 1. The Hall–Kier alpha value is -1.10. The standard InChI is InChI=1S/C11H21N5/c1-3-10-13-11(15-14-10)16-6-4-9(5-7-16)8-12-2/h9,12H,3-8H2,1-2H3,(H,13,14,15). The monoisotopic (exact) mass is 223 g/mol. The maximum absolute atomic E-state index is 4.47. The second-order valence-electron chi connectivity index (χ2n) is 4.42. The van der Waals surface area contributed by atoms with Crippen LogP contribution in [0, 0.1) is 5.92 Å². The molecule has 0 aliphatic carbocycles. The normalized spacial score (nSPS) is 18.0. The third-order valence-corrected chi connectivity index (χ3v) is 3.24. The Morgan fingerprint density at radius 1 is 1.44 bits per heavy atom. The second-order valence-corrected chi connectivity index (χ2v) is 4.42. The van der Waals surface area contributed by atoms with Gasteiger partial charge in [0.2, 0.25) is 5.95 Å². The first kappa shape index (κ1) is 11.4. The van der Waals surface area contributed by atoms with Gasteiger partial charge in [-0.2, -0.15) is 4.98 Å². The van der Waals surface area contributed by atoms with Gasteiger partial charge >= 0.3 is 0 Å². The maximum Gasteiger partial charge on any atom is 0.244 e. The Morgan fingerprint density at radius 2 is 2.19 bits per heavy atom. The molecule has 0 unspecified atom stereocenters. The molecule has 0 spiro atoms. The third kappa shape index (κ3) is 2.52. The molecule has 1 fully saturated rings. The van der Waals surface area contributed by atoms with Crippen LogP contribution in [-0.4, -0.2) is 41.9 Å². The van der Waals surface area contributed by atoms with E-state index in [0.717, 1.165) is 43.7 Å². The highest BCUT2D eigenvalue weighted by Gasteiger charge is 2.20. The minimum absolute atomic E-state index is 0.811. The Balaban J connectivity index is 1.88. The summed E-state index contributed by atoms with van der Waals surface area (Å²) in [5.41, 5.74) is 0. The van der Waals surface area contributed by atoms with E-state index in [1.165, 1.54) is 12.8 Å². The lowest BCUT2D eigenvalue weighted by Crippen LogP contribution is -2.37. The molecule has 2 rings (SSSR count). The van der Waals surface area contributed by atoms with E-state index in [0.29, 0.717) is 0 Å². The summed E-state index contributed by atoms with van der Waals surface area (Å²) in [6, 6.07) is 0. The fourth-order valence-electron chi connectivity index (χ4n) is 2.21. The molecule has 5 heteroatoms. The van der Waals surface area contributed by atoms with Gasteiger partial charge in [0, 0.05) is 19.5 Å². The minimum Gasteiger partial charge on any atom is -0.340 e. The predicted octanol–water partition coefficient (Wildman–Crippen LogP) is 0.803. The number of aryl methyl sites for hydroxylation is 1. The number of H-pyrrole nitrogens is 1. The van der Waals surface area contributed by atoms with Gasteiger partial charge in [-0.1, -0.05) is 6.92 Å². The molecule has 5 nitrogen and oxygen atoms in total. The summed E-state index contributed by atoms with van der Waals surface area (Å²) in [5.74, 6) is 2.66. The Kier molecular flexibility index (Phi) is 3.77. The number of aromatic amines is 1. The molecule has 2 N–H and O–H groups in total. The summed E-state index contributed by atoms with van der Waals surface area (Å²) in [6.07, 6.45) is 3.39. The topological polar surface area (TPSA) is 56.8 Å². The van der Waals surface area contributed by atoms with E-state index >= 15 is 0 Å². The van der Waals surface area contributed by atoms with Gasteiger partial charge in [0.05, 0.1) is 0 Å². The van der Waals surface area contributed by atoms with E-state index in [9.17, 15) is 0 Å². The zero-order valence-electron chi connectivity index (χ0n) is 10.2. The molecule has 90 valence electrons. The quantitative estimate of drug-likeness (QED) is 0.793. The van der Waals surface area contributed by atoms with E-state index in [-0.39, 0.29) is 0 Å². The number of hydrogen-bond donors (Lipinski definition) is 2. The Morgan fingerprint density at radius 3 is 2.75 bits per heavy atom. The molecule has 0 atom stereocenters. The van der Waals surface area contributed by atoms with Crippen LogP contribution in [0.1, 0.15) is 25.6 Å². The van der Waals surface area contributed by atoms with Crippen LogP contribution in [0.3, 0.4) is 0 Å². The molecule has 16 heavy (non-hydrogen) atoms.